The molecular weight excluding hydrogens is 228 g/mol. The van der Waals surface area contributed by atoms with Crippen molar-refractivity contribution in [3.05, 3.63) is 23.7 Å². The van der Waals surface area contributed by atoms with E-state index in [1.165, 1.54) is 12.0 Å². The first-order valence-corrected chi connectivity index (χ1v) is 6.80. The van der Waals surface area contributed by atoms with Gasteiger partial charge in [-0.3, -0.25) is 4.90 Å². The summed E-state index contributed by atoms with van der Waals surface area (Å²) in [5.74, 6) is 1.79. The largest absolute Gasteiger partial charge is 0.468 e. The van der Waals surface area contributed by atoms with Gasteiger partial charge in [0.2, 0.25) is 0 Å². The van der Waals surface area contributed by atoms with E-state index in [1.807, 2.05) is 0 Å². The molecule has 1 unspecified atom stereocenters. The molecule has 0 saturated carbocycles. The average Bonchev–Trinajstić information content (AvgIpc) is 2.98. The van der Waals surface area contributed by atoms with Gasteiger partial charge in [0, 0.05) is 25.8 Å². The highest BCUT2D eigenvalue weighted by atomic mass is 16.5. The minimum Gasteiger partial charge on any atom is -0.468 e. The summed E-state index contributed by atoms with van der Waals surface area (Å²) in [6.45, 7) is 8.08. The molecule has 2 rings (SSSR count). The van der Waals surface area contributed by atoms with Crippen molar-refractivity contribution in [2.24, 2.45) is 5.92 Å². The summed E-state index contributed by atoms with van der Waals surface area (Å²) >= 11 is 0. The molecule has 1 atom stereocenters. The summed E-state index contributed by atoms with van der Waals surface area (Å²) in [6, 6.07) is 2.07. The van der Waals surface area contributed by atoms with Crippen LogP contribution in [0.25, 0.3) is 0 Å². The minimum atomic E-state index is 0.683. The fourth-order valence-electron chi connectivity index (χ4n) is 2.55. The fraction of sp³-hybridized carbons (Fsp3) is 0.714. The second-order valence-electron chi connectivity index (χ2n) is 4.99. The van der Waals surface area contributed by atoms with Gasteiger partial charge >= 0.3 is 0 Å². The van der Waals surface area contributed by atoms with Crippen LogP contribution in [0, 0.1) is 5.92 Å². The first kappa shape index (κ1) is 13.6. The Labute approximate surface area is 109 Å². The van der Waals surface area contributed by atoms with Crippen molar-refractivity contribution in [3.63, 3.8) is 0 Å². The van der Waals surface area contributed by atoms with Gasteiger partial charge in [0.25, 0.3) is 0 Å². The molecule has 0 amide bonds. The van der Waals surface area contributed by atoms with Crippen LogP contribution in [-0.4, -0.2) is 38.3 Å². The van der Waals surface area contributed by atoms with E-state index in [-0.39, 0.29) is 0 Å². The molecule has 1 aromatic heterocycles. The van der Waals surface area contributed by atoms with Crippen LogP contribution in [0.5, 0.6) is 0 Å². The van der Waals surface area contributed by atoms with E-state index < -0.39 is 0 Å². The number of nitrogens with zero attached hydrogens (tertiary/aromatic N) is 1. The number of furan rings is 1. The molecule has 2 heterocycles. The molecule has 18 heavy (non-hydrogen) atoms. The van der Waals surface area contributed by atoms with Crippen molar-refractivity contribution in [3.8, 4) is 0 Å². The molecule has 0 aliphatic carbocycles. The maximum absolute atomic E-state index is 5.61. The van der Waals surface area contributed by atoms with Crippen molar-refractivity contribution in [1.29, 1.82) is 0 Å². The third kappa shape index (κ3) is 3.57. The molecule has 4 nitrogen and oxygen atoms in total. The standard InChI is InChI=1S/C14H24N2O2/c1-3-15-8-13-5-7-18-14(13)10-16-6-4-12(9-16)11-17-2/h5,7,12,15H,3-4,6,8-11H2,1-2H3. The van der Waals surface area contributed by atoms with Crippen LogP contribution in [0.3, 0.4) is 0 Å². The zero-order valence-electron chi connectivity index (χ0n) is 11.4. The zero-order valence-corrected chi connectivity index (χ0v) is 11.4. The third-order valence-corrected chi connectivity index (χ3v) is 3.54. The van der Waals surface area contributed by atoms with E-state index in [9.17, 15) is 0 Å². The summed E-state index contributed by atoms with van der Waals surface area (Å²) in [6.07, 6.45) is 3.03. The predicted octanol–water partition coefficient (Wildman–Crippen LogP) is 1.86. The van der Waals surface area contributed by atoms with Gasteiger partial charge in [-0.15, -0.1) is 0 Å². The Bertz CT molecular complexity index is 351. The highest BCUT2D eigenvalue weighted by molar-refractivity contribution is 5.17. The Morgan fingerprint density at radius 2 is 2.44 bits per heavy atom. The molecule has 0 bridgehead atoms. The summed E-state index contributed by atoms with van der Waals surface area (Å²) in [4.78, 5) is 2.46. The van der Waals surface area contributed by atoms with Crippen LogP contribution >= 0.6 is 0 Å². The highest BCUT2D eigenvalue weighted by Gasteiger charge is 2.23. The summed E-state index contributed by atoms with van der Waals surface area (Å²) < 4.78 is 10.8. The highest BCUT2D eigenvalue weighted by Crippen LogP contribution is 2.20. The molecule has 1 fully saturated rings. The van der Waals surface area contributed by atoms with Crippen molar-refractivity contribution in [2.75, 3.05) is 33.4 Å². The van der Waals surface area contributed by atoms with E-state index in [0.29, 0.717) is 5.92 Å². The fourth-order valence-corrected chi connectivity index (χ4v) is 2.55. The Morgan fingerprint density at radius 1 is 1.56 bits per heavy atom. The molecule has 1 aliphatic rings. The van der Waals surface area contributed by atoms with Crippen molar-refractivity contribution < 1.29 is 9.15 Å². The second kappa shape index (κ2) is 6.92. The maximum atomic E-state index is 5.61. The van der Waals surface area contributed by atoms with E-state index in [1.54, 1.807) is 13.4 Å². The van der Waals surface area contributed by atoms with Gasteiger partial charge < -0.3 is 14.5 Å². The number of ether oxygens (including phenoxy) is 1. The van der Waals surface area contributed by atoms with Gasteiger partial charge in [-0.05, 0) is 31.5 Å². The zero-order chi connectivity index (χ0) is 12.8. The topological polar surface area (TPSA) is 37.6 Å². The van der Waals surface area contributed by atoms with Crippen molar-refractivity contribution in [2.45, 2.75) is 26.4 Å². The van der Waals surface area contributed by atoms with Gasteiger partial charge in [0.05, 0.1) is 19.4 Å². The van der Waals surface area contributed by atoms with E-state index in [4.69, 9.17) is 9.15 Å². The lowest BCUT2D eigenvalue weighted by molar-refractivity contribution is 0.151. The normalized spacial score (nSPS) is 20.7. The van der Waals surface area contributed by atoms with Gasteiger partial charge in [-0.1, -0.05) is 6.92 Å². The molecule has 0 radical (unpaired) electrons. The number of nitrogens with one attached hydrogen (secondary N) is 1. The molecule has 1 N–H and O–H groups in total. The lowest BCUT2D eigenvalue weighted by atomic mass is 10.1. The van der Waals surface area contributed by atoms with Crippen LogP contribution in [0.1, 0.15) is 24.7 Å². The van der Waals surface area contributed by atoms with Crippen LogP contribution in [-0.2, 0) is 17.8 Å². The Morgan fingerprint density at radius 3 is 3.22 bits per heavy atom. The average molecular weight is 252 g/mol. The number of rotatable bonds is 7. The third-order valence-electron chi connectivity index (χ3n) is 3.54. The van der Waals surface area contributed by atoms with Gasteiger partial charge in [0.15, 0.2) is 0 Å². The lowest BCUT2D eigenvalue weighted by Gasteiger charge is -2.15. The van der Waals surface area contributed by atoms with E-state index in [0.717, 1.165) is 45.1 Å². The monoisotopic (exact) mass is 252 g/mol. The summed E-state index contributed by atoms with van der Waals surface area (Å²) in [5, 5.41) is 3.35. The first-order chi connectivity index (χ1) is 8.83. The minimum absolute atomic E-state index is 0.683. The smallest absolute Gasteiger partial charge is 0.122 e. The van der Waals surface area contributed by atoms with Gasteiger partial charge in [-0.25, -0.2) is 0 Å². The summed E-state index contributed by atoms with van der Waals surface area (Å²) in [5.41, 5.74) is 1.28. The second-order valence-corrected chi connectivity index (χ2v) is 4.99. The van der Waals surface area contributed by atoms with Gasteiger partial charge in [0.1, 0.15) is 5.76 Å². The summed E-state index contributed by atoms with van der Waals surface area (Å²) in [7, 11) is 1.78. The number of hydrogen-bond acceptors (Lipinski definition) is 4. The van der Waals surface area contributed by atoms with Crippen LogP contribution < -0.4 is 5.32 Å². The quantitative estimate of drug-likeness (QED) is 0.804. The number of methoxy groups -OCH3 is 1. The van der Waals surface area contributed by atoms with E-state index >= 15 is 0 Å². The molecule has 102 valence electrons. The van der Waals surface area contributed by atoms with Gasteiger partial charge in [-0.2, -0.15) is 0 Å². The first-order valence-electron chi connectivity index (χ1n) is 6.80. The van der Waals surface area contributed by atoms with Crippen LogP contribution in [0.2, 0.25) is 0 Å². The molecular formula is C14H24N2O2. The maximum Gasteiger partial charge on any atom is 0.122 e. The molecule has 4 heteroatoms. The number of likely N-dealkylation sites (tertiary alicyclic amines) is 1. The Balaban J connectivity index is 1.84. The molecule has 0 spiro atoms. The molecule has 0 aromatic carbocycles. The van der Waals surface area contributed by atoms with E-state index in [2.05, 4.69) is 23.2 Å². The lowest BCUT2D eigenvalue weighted by Crippen LogP contribution is -2.22. The molecule has 1 aromatic rings. The molecule has 1 aliphatic heterocycles. The van der Waals surface area contributed by atoms with Crippen LogP contribution in [0.15, 0.2) is 16.7 Å². The predicted molar refractivity (Wildman–Crippen MR) is 71.3 cm³/mol. The van der Waals surface area contributed by atoms with Crippen molar-refractivity contribution >= 4 is 0 Å². The Kier molecular flexibility index (Phi) is 5.23. The van der Waals surface area contributed by atoms with Crippen LogP contribution in [0.4, 0.5) is 0 Å². The Hall–Kier alpha value is -0.840. The number of hydrogen-bond donors (Lipinski definition) is 1. The SMILES string of the molecule is CCNCc1ccoc1CN1CCC(COC)C1. The van der Waals surface area contributed by atoms with Crippen molar-refractivity contribution in [1.82, 2.24) is 10.2 Å². The molecule has 1 saturated heterocycles.